The fraction of sp³-hybridized carbons (Fsp3) is 0.615. The lowest BCUT2D eigenvalue weighted by atomic mass is 10.1. The van der Waals surface area contributed by atoms with E-state index >= 15 is 0 Å². The number of aromatic nitrogens is 2. The van der Waals surface area contributed by atoms with Crippen LogP contribution in [0.15, 0.2) is 6.07 Å². The Labute approximate surface area is 110 Å². The quantitative estimate of drug-likeness (QED) is 0.720. The van der Waals surface area contributed by atoms with Gasteiger partial charge in [0.25, 0.3) is 5.91 Å². The maximum Gasteiger partial charge on any atom is 0.326 e. The molecule has 0 aliphatic heterocycles. The largest absolute Gasteiger partial charge is 0.480 e. The van der Waals surface area contributed by atoms with Crippen LogP contribution in [0.5, 0.6) is 0 Å². The molecule has 0 saturated heterocycles. The summed E-state index contributed by atoms with van der Waals surface area (Å²) in [6, 6.07) is 0.921. The van der Waals surface area contributed by atoms with Crippen LogP contribution in [-0.2, 0) is 4.79 Å². The maximum atomic E-state index is 12.0. The molecule has 1 unspecified atom stereocenters. The van der Waals surface area contributed by atoms with E-state index in [-0.39, 0.29) is 5.69 Å². The van der Waals surface area contributed by atoms with Gasteiger partial charge in [-0.2, -0.15) is 5.10 Å². The Balaban J connectivity index is 1.62. The van der Waals surface area contributed by atoms with Crippen molar-refractivity contribution in [2.45, 2.75) is 44.1 Å². The van der Waals surface area contributed by atoms with Crippen LogP contribution in [0.1, 0.15) is 54.2 Å². The highest BCUT2D eigenvalue weighted by Gasteiger charge is 2.31. The zero-order valence-electron chi connectivity index (χ0n) is 10.6. The van der Waals surface area contributed by atoms with Gasteiger partial charge in [-0.3, -0.25) is 9.89 Å². The van der Waals surface area contributed by atoms with Gasteiger partial charge in [0.2, 0.25) is 0 Å². The van der Waals surface area contributed by atoms with E-state index < -0.39 is 17.9 Å². The van der Waals surface area contributed by atoms with Gasteiger partial charge in [-0.1, -0.05) is 12.8 Å². The molecule has 3 rings (SSSR count). The number of H-pyrrole nitrogens is 1. The highest BCUT2D eigenvalue weighted by molar-refractivity contribution is 5.95. The zero-order chi connectivity index (χ0) is 13.4. The molecule has 102 valence electrons. The molecule has 1 atom stereocenters. The minimum atomic E-state index is -0.974. The normalized spacial score (nSPS) is 20.0. The summed E-state index contributed by atoms with van der Waals surface area (Å²) in [5.41, 5.74) is 1.25. The van der Waals surface area contributed by atoms with E-state index in [2.05, 4.69) is 15.5 Å². The summed E-state index contributed by atoms with van der Waals surface area (Å²) in [5.74, 6) is -0.437. The number of carbonyl (C=O) groups excluding carboxylic acids is 1. The van der Waals surface area contributed by atoms with Crippen LogP contribution in [0.25, 0.3) is 0 Å². The van der Waals surface area contributed by atoms with Gasteiger partial charge in [0.1, 0.15) is 11.7 Å². The number of hydrogen-bond donors (Lipinski definition) is 3. The third-order valence-electron chi connectivity index (χ3n) is 3.72. The first-order valence-corrected chi connectivity index (χ1v) is 6.72. The number of aliphatic carboxylic acids is 1. The summed E-state index contributed by atoms with van der Waals surface area (Å²) in [6.07, 6.45) is 4.90. The van der Waals surface area contributed by atoms with Gasteiger partial charge in [0.15, 0.2) is 0 Å². The summed E-state index contributed by atoms with van der Waals surface area (Å²) in [6.45, 7) is 0. The lowest BCUT2D eigenvalue weighted by molar-refractivity contribution is -0.139. The van der Waals surface area contributed by atoms with Crippen molar-refractivity contribution < 1.29 is 14.7 Å². The lowest BCUT2D eigenvalue weighted by Crippen LogP contribution is -2.41. The van der Waals surface area contributed by atoms with Crippen molar-refractivity contribution in [2.24, 2.45) is 5.92 Å². The van der Waals surface area contributed by atoms with Gasteiger partial charge in [0.05, 0.1) is 0 Å². The van der Waals surface area contributed by atoms with Gasteiger partial charge >= 0.3 is 5.97 Å². The van der Waals surface area contributed by atoms with Crippen molar-refractivity contribution in [2.75, 3.05) is 0 Å². The number of carbonyl (C=O) groups is 2. The molecule has 6 heteroatoms. The van der Waals surface area contributed by atoms with E-state index in [0.29, 0.717) is 18.3 Å². The summed E-state index contributed by atoms with van der Waals surface area (Å²) in [4.78, 5) is 23.1. The second-order valence-electron chi connectivity index (χ2n) is 5.53. The van der Waals surface area contributed by atoms with Crippen LogP contribution < -0.4 is 5.32 Å². The second kappa shape index (κ2) is 4.68. The molecular weight excluding hydrogens is 246 g/mol. The van der Waals surface area contributed by atoms with Crippen LogP contribution in [0.4, 0.5) is 0 Å². The van der Waals surface area contributed by atoms with Gasteiger partial charge in [0, 0.05) is 11.6 Å². The van der Waals surface area contributed by atoms with Crippen LogP contribution in [-0.4, -0.2) is 33.2 Å². The summed E-state index contributed by atoms with van der Waals surface area (Å²) in [7, 11) is 0. The summed E-state index contributed by atoms with van der Waals surface area (Å²) >= 11 is 0. The van der Waals surface area contributed by atoms with Crippen LogP contribution in [0.2, 0.25) is 0 Å². The fourth-order valence-electron chi connectivity index (χ4n) is 2.20. The SMILES string of the molecule is O=C(NC(CC1CC1)C(=O)O)c1cc(C2CC2)[nH]n1. The van der Waals surface area contributed by atoms with Crippen molar-refractivity contribution in [1.29, 1.82) is 0 Å². The second-order valence-corrected chi connectivity index (χ2v) is 5.53. The van der Waals surface area contributed by atoms with Crippen molar-refractivity contribution in [3.63, 3.8) is 0 Å². The Kier molecular flexibility index (Phi) is 3.00. The average Bonchev–Trinajstić information content (AvgIpc) is 3.29. The van der Waals surface area contributed by atoms with Gasteiger partial charge in [-0.05, 0) is 31.2 Å². The fourth-order valence-corrected chi connectivity index (χ4v) is 2.20. The number of carboxylic acids is 1. The Hall–Kier alpha value is -1.85. The summed E-state index contributed by atoms with van der Waals surface area (Å²) in [5, 5.41) is 18.5. The Morgan fingerprint density at radius 1 is 1.42 bits per heavy atom. The molecule has 1 heterocycles. The van der Waals surface area contributed by atoms with E-state index in [1.807, 2.05) is 0 Å². The molecule has 0 spiro atoms. The standard InChI is InChI=1S/C13H17N3O3/c17-12(10-6-9(15-16-10)8-3-4-8)14-11(13(18)19)5-7-1-2-7/h6-8,11H,1-5H2,(H,14,17)(H,15,16)(H,18,19). The number of rotatable bonds is 6. The molecule has 19 heavy (non-hydrogen) atoms. The van der Waals surface area contributed by atoms with E-state index in [9.17, 15) is 9.59 Å². The zero-order valence-corrected chi connectivity index (χ0v) is 10.6. The first-order chi connectivity index (χ1) is 9.13. The van der Waals surface area contributed by atoms with Crippen LogP contribution >= 0.6 is 0 Å². The van der Waals surface area contributed by atoms with Gasteiger partial charge in [-0.25, -0.2) is 4.79 Å². The molecule has 1 amide bonds. The first-order valence-electron chi connectivity index (χ1n) is 6.72. The Morgan fingerprint density at radius 3 is 2.74 bits per heavy atom. The molecule has 2 aliphatic carbocycles. The van der Waals surface area contributed by atoms with Crippen LogP contribution in [0, 0.1) is 5.92 Å². The van der Waals surface area contributed by atoms with E-state index in [1.54, 1.807) is 6.07 Å². The smallest absolute Gasteiger partial charge is 0.326 e. The van der Waals surface area contributed by atoms with Gasteiger partial charge < -0.3 is 10.4 Å². The van der Waals surface area contributed by atoms with Crippen molar-refractivity contribution >= 4 is 11.9 Å². The van der Waals surface area contributed by atoms with Gasteiger partial charge in [-0.15, -0.1) is 0 Å². The first kappa shape index (κ1) is 12.2. The molecule has 1 aromatic heterocycles. The molecule has 1 aromatic rings. The number of aromatic amines is 1. The van der Waals surface area contributed by atoms with E-state index in [1.165, 1.54) is 0 Å². The van der Waals surface area contributed by atoms with Crippen molar-refractivity contribution in [1.82, 2.24) is 15.5 Å². The highest BCUT2D eigenvalue weighted by atomic mass is 16.4. The Bertz CT molecular complexity index is 503. The predicted molar refractivity (Wildman–Crippen MR) is 66.8 cm³/mol. The maximum absolute atomic E-state index is 12.0. The third-order valence-corrected chi connectivity index (χ3v) is 3.72. The number of nitrogens with zero attached hydrogens (tertiary/aromatic N) is 1. The molecule has 0 aromatic carbocycles. The van der Waals surface area contributed by atoms with E-state index in [4.69, 9.17) is 5.11 Å². The molecule has 6 nitrogen and oxygen atoms in total. The lowest BCUT2D eigenvalue weighted by Gasteiger charge is -2.12. The molecule has 0 radical (unpaired) electrons. The molecular formula is C13H17N3O3. The molecule has 2 saturated carbocycles. The Morgan fingerprint density at radius 2 is 2.16 bits per heavy atom. The average molecular weight is 263 g/mol. The molecule has 2 fully saturated rings. The molecule has 0 bridgehead atoms. The predicted octanol–water partition coefficient (Wildman–Crippen LogP) is 1.27. The number of carboxylic acid groups (broad SMARTS) is 1. The summed E-state index contributed by atoms with van der Waals surface area (Å²) < 4.78 is 0. The van der Waals surface area contributed by atoms with Crippen molar-refractivity contribution in [3.8, 4) is 0 Å². The molecule has 3 N–H and O–H groups in total. The van der Waals surface area contributed by atoms with Crippen LogP contribution in [0.3, 0.4) is 0 Å². The highest BCUT2D eigenvalue weighted by Crippen LogP contribution is 2.39. The van der Waals surface area contributed by atoms with E-state index in [0.717, 1.165) is 31.4 Å². The number of amides is 1. The third kappa shape index (κ3) is 2.94. The number of hydrogen-bond acceptors (Lipinski definition) is 3. The number of nitrogens with one attached hydrogen (secondary N) is 2. The minimum Gasteiger partial charge on any atom is -0.480 e. The minimum absolute atomic E-state index is 0.281. The molecule has 2 aliphatic rings. The monoisotopic (exact) mass is 263 g/mol. The van der Waals surface area contributed by atoms with Crippen molar-refractivity contribution in [3.05, 3.63) is 17.5 Å². The topological polar surface area (TPSA) is 95.1 Å².